The number of rotatable bonds is 3. The molecule has 0 aromatic carbocycles. The second-order valence-corrected chi connectivity index (χ2v) is 7.41. The van der Waals surface area contributed by atoms with Gasteiger partial charge in [0.05, 0.1) is 18.1 Å². The van der Waals surface area contributed by atoms with Crippen LogP contribution in [0.25, 0.3) is 10.8 Å². The largest absolute Gasteiger partial charge is 0.292 e. The maximum Gasteiger partial charge on any atom is 0.195 e. The zero-order valence-electron chi connectivity index (χ0n) is 9.82. The lowest BCUT2D eigenvalue weighted by molar-refractivity contribution is 0.602. The average molecular weight is 361 g/mol. The van der Waals surface area contributed by atoms with E-state index in [0.717, 1.165) is 16.9 Å². The highest BCUT2D eigenvalue weighted by Gasteiger charge is 2.17. The number of imidazole rings is 1. The average Bonchev–Trinajstić information content (AvgIpc) is 3.01. The lowest BCUT2D eigenvalue weighted by atomic mass is 10.5. The zero-order valence-corrected chi connectivity index (χ0v) is 13.0. The summed E-state index contributed by atoms with van der Waals surface area (Å²) in [6.07, 6.45) is 5.90. The summed E-state index contributed by atoms with van der Waals surface area (Å²) in [5, 5.41) is 6.63. The normalized spacial score (nSPS) is 12.3. The van der Waals surface area contributed by atoms with Crippen molar-refractivity contribution < 1.29 is 8.42 Å². The first kappa shape index (κ1) is 12.8. The van der Waals surface area contributed by atoms with Crippen LogP contribution in [-0.4, -0.2) is 33.8 Å². The van der Waals surface area contributed by atoms with Gasteiger partial charge in [-0.05, 0) is 0 Å². The number of thiazole rings is 1. The van der Waals surface area contributed by atoms with Gasteiger partial charge in [-0.1, -0.05) is 15.9 Å². The number of alkyl halides is 1. The van der Waals surface area contributed by atoms with E-state index in [1.807, 2.05) is 16.0 Å². The fourth-order valence-corrected chi connectivity index (χ4v) is 3.52. The molecule has 19 heavy (non-hydrogen) atoms. The Labute approximate surface area is 121 Å². The predicted molar refractivity (Wildman–Crippen MR) is 75.9 cm³/mol. The predicted octanol–water partition coefficient (Wildman–Crippen LogP) is 1.88. The van der Waals surface area contributed by atoms with E-state index in [-0.39, 0.29) is 4.90 Å². The van der Waals surface area contributed by atoms with E-state index in [2.05, 4.69) is 26.0 Å². The quantitative estimate of drug-likeness (QED) is 0.668. The minimum atomic E-state index is -3.25. The fourth-order valence-electron chi connectivity index (χ4n) is 1.74. The molecule has 3 aromatic heterocycles. The van der Waals surface area contributed by atoms with Crippen LogP contribution in [0.2, 0.25) is 0 Å². The Hall–Kier alpha value is -1.19. The Balaban J connectivity index is 2.19. The molecule has 3 heterocycles. The molecule has 6 nitrogen and oxygen atoms in total. The van der Waals surface area contributed by atoms with Crippen LogP contribution in [0.15, 0.2) is 28.9 Å². The van der Waals surface area contributed by atoms with E-state index in [1.54, 1.807) is 0 Å². The van der Waals surface area contributed by atoms with Gasteiger partial charge >= 0.3 is 0 Å². The van der Waals surface area contributed by atoms with Crippen molar-refractivity contribution in [1.82, 2.24) is 19.2 Å². The van der Waals surface area contributed by atoms with Gasteiger partial charge < -0.3 is 0 Å². The smallest absolute Gasteiger partial charge is 0.195 e. The molecule has 0 radical (unpaired) electrons. The molecule has 0 N–H and O–H groups in total. The Morgan fingerprint density at radius 2 is 2.26 bits per heavy atom. The lowest BCUT2D eigenvalue weighted by Gasteiger charge is -1.99. The number of nitrogens with zero attached hydrogens (tertiary/aromatic N) is 4. The molecule has 0 aliphatic heterocycles. The second kappa shape index (κ2) is 4.43. The third-order valence-corrected chi connectivity index (χ3v) is 5.03. The highest BCUT2D eigenvalue weighted by Crippen LogP contribution is 2.23. The monoisotopic (exact) mass is 360 g/mol. The SMILES string of the molecule is CS(=O)(=O)c1cnn(-c2nc3sccn3c2CBr)c1. The van der Waals surface area contributed by atoms with Gasteiger partial charge in [0.2, 0.25) is 0 Å². The van der Waals surface area contributed by atoms with Crippen molar-refractivity contribution in [3.05, 3.63) is 29.7 Å². The number of halogens is 1. The third-order valence-electron chi connectivity index (χ3n) is 2.67. The van der Waals surface area contributed by atoms with Crippen LogP contribution in [0, 0.1) is 0 Å². The summed E-state index contributed by atoms with van der Waals surface area (Å²) in [7, 11) is -3.25. The molecule has 0 spiro atoms. The summed E-state index contributed by atoms with van der Waals surface area (Å²) in [5.41, 5.74) is 0.930. The maximum atomic E-state index is 11.5. The molecule has 0 atom stereocenters. The minimum absolute atomic E-state index is 0.185. The van der Waals surface area contributed by atoms with Gasteiger partial charge in [-0.15, -0.1) is 11.3 Å². The van der Waals surface area contributed by atoms with E-state index in [4.69, 9.17) is 0 Å². The first-order chi connectivity index (χ1) is 9.00. The van der Waals surface area contributed by atoms with Gasteiger partial charge in [-0.3, -0.25) is 4.40 Å². The van der Waals surface area contributed by atoms with Gasteiger partial charge in [-0.25, -0.2) is 13.1 Å². The van der Waals surface area contributed by atoms with Crippen molar-refractivity contribution >= 4 is 42.1 Å². The van der Waals surface area contributed by atoms with Crippen LogP contribution in [-0.2, 0) is 15.2 Å². The van der Waals surface area contributed by atoms with Gasteiger partial charge in [0.25, 0.3) is 0 Å². The van der Waals surface area contributed by atoms with E-state index >= 15 is 0 Å². The number of sulfone groups is 1. The second-order valence-electron chi connectivity index (χ2n) is 3.96. The van der Waals surface area contributed by atoms with E-state index < -0.39 is 9.84 Å². The minimum Gasteiger partial charge on any atom is -0.292 e. The number of fused-ring (bicyclic) bond motifs is 1. The molecule has 0 unspecified atom stereocenters. The molecule has 0 aliphatic carbocycles. The van der Waals surface area contributed by atoms with Crippen molar-refractivity contribution in [3.63, 3.8) is 0 Å². The van der Waals surface area contributed by atoms with Crippen molar-refractivity contribution in [1.29, 1.82) is 0 Å². The highest BCUT2D eigenvalue weighted by atomic mass is 79.9. The zero-order chi connectivity index (χ0) is 13.6. The van der Waals surface area contributed by atoms with Crippen LogP contribution in [0.3, 0.4) is 0 Å². The fraction of sp³-hybridized carbons (Fsp3) is 0.200. The van der Waals surface area contributed by atoms with Crippen LogP contribution >= 0.6 is 27.3 Å². The van der Waals surface area contributed by atoms with Crippen molar-refractivity contribution in [2.75, 3.05) is 6.26 Å². The van der Waals surface area contributed by atoms with E-state index in [9.17, 15) is 8.42 Å². The molecule has 0 amide bonds. The molecule has 3 aromatic rings. The molecule has 0 bridgehead atoms. The molecular weight excluding hydrogens is 352 g/mol. The van der Waals surface area contributed by atoms with E-state index in [1.165, 1.54) is 28.4 Å². The van der Waals surface area contributed by atoms with Crippen LogP contribution < -0.4 is 0 Å². The molecule has 0 saturated carbocycles. The Kier molecular flexibility index (Phi) is 2.99. The summed E-state index contributed by atoms with van der Waals surface area (Å²) >= 11 is 4.94. The highest BCUT2D eigenvalue weighted by molar-refractivity contribution is 9.08. The summed E-state index contributed by atoms with van der Waals surface area (Å²) in [6, 6.07) is 0. The van der Waals surface area contributed by atoms with E-state index in [0.29, 0.717) is 11.1 Å². The van der Waals surface area contributed by atoms with Gasteiger partial charge in [0, 0.05) is 23.2 Å². The summed E-state index contributed by atoms with van der Waals surface area (Å²) in [6.45, 7) is 0. The molecule has 9 heteroatoms. The summed E-state index contributed by atoms with van der Waals surface area (Å²) in [4.78, 5) is 5.50. The summed E-state index contributed by atoms with van der Waals surface area (Å²) < 4.78 is 26.4. The number of aromatic nitrogens is 4. The van der Waals surface area contributed by atoms with Crippen molar-refractivity contribution in [2.24, 2.45) is 0 Å². The summed E-state index contributed by atoms with van der Waals surface area (Å²) in [5.74, 6) is 0.638. The number of hydrogen-bond donors (Lipinski definition) is 0. The van der Waals surface area contributed by atoms with Crippen LogP contribution in [0.5, 0.6) is 0 Å². The first-order valence-electron chi connectivity index (χ1n) is 5.26. The lowest BCUT2D eigenvalue weighted by Crippen LogP contribution is -2.00. The molecule has 0 saturated heterocycles. The third kappa shape index (κ3) is 2.11. The molecule has 100 valence electrons. The standard InChI is InChI=1S/C10H9BrN4O2S2/c1-19(16,17)7-5-12-15(6-7)9-8(4-11)14-2-3-18-10(14)13-9/h2-3,5-6H,4H2,1H3. The van der Waals surface area contributed by atoms with Gasteiger partial charge in [-0.2, -0.15) is 10.1 Å². The Morgan fingerprint density at radius 1 is 1.47 bits per heavy atom. The Morgan fingerprint density at radius 3 is 2.89 bits per heavy atom. The van der Waals surface area contributed by atoms with Crippen LogP contribution in [0.1, 0.15) is 5.69 Å². The van der Waals surface area contributed by atoms with Crippen molar-refractivity contribution in [3.8, 4) is 5.82 Å². The Bertz CT molecular complexity index is 846. The molecule has 0 fully saturated rings. The van der Waals surface area contributed by atoms with Gasteiger partial charge in [0.15, 0.2) is 20.6 Å². The first-order valence-corrected chi connectivity index (χ1v) is 9.15. The number of hydrogen-bond acceptors (Lipinski definition) is 5. The molecule has 0 aliphatic rings. The van der Waals surface area contributed by atoms with Crippen molar-refractivity contribution in [2.45, 2.75) is 10.2 Å². The molecule has 3 rings (SSSR count). The maximum absolute atomic E-state index is 11.5. The van der Waals surface area contributed by atoms with Crippen LogP contribution in [0.4, 0.5) is 0 Å². The topological polar surface area (TPSA) is 69.3 Å². The van der Waals surface area contributed by atoms with Gasteiger partial charge in [0.1, 0.15) is 4.90 Å². The molecular formula is C10H9BrN4O2S2.